The number of aryl methyl sites for hydroxylation is 1. The van der Waals surface area contributed by atoms with Crippen LogP contribution in [0.3, 0.4) is 0 Å². The molecule has 7 nitrogen and oxygen atoms in total. The number of benzene rings is 2. The molecule has 1 aliphatic heterocycles. The summed E-state index contributed by atoms with van der Waals surface area (Å²) in [7, 11) is 0. The van der Waals surface area contributed by atoms with Crippen molar-refractivity contribution in [3.8, 4) is 11.3 Å². The molecule has 1 amide bonds. The summed E-state index contributed by atoms with van der Waals surface area (Å²) in [6, 6.07) is 15.2. The first-order valence-electron chi connectivity index (χ1n) is 11.4. The van der Waals surface area contributed by atoms with Gasteiger partial charge in [0, 0.05) is 49.3 Å². The van der Waals surface area contributed by atoms with Crippen LogP contribution < -0.4 is 10.2 Å². The smallest absolute Gasteiger partial charge is 0.242 e. The maximum absolute atomic E-state index is 14.5. The SMILES string of the molecule is Cc1cccc(N2CCN(C(=O)CNc3c(-c4ccccc4F)nc4cnccn34)CC2C)c1. The molecule has 2 aromatic heterocycles. The summed E-state index contributed by atoms with van der Waals surface area (Å²) in [4.78, 5) is 26.0. The molecule has 5 rings (SSSR count). The highest BCUT2D eigenvalue weighted by atomic mass is 19.1. The lowest BCUT2D eigenvalue weighted by Gasteiger charge is -2.41. The number of aromatic nitrogens is 3. The highest BCUT2D eigenvalue weighted by Gasteiger charge is 2.27. The lowest BCUT2D eigenvalue weighted by molar-refractivity contribution is -0.130. The van der Waals surface area contributed by atoms with Gasteiger partial charge in [-0.2, -0.15) is 0 Å². The van der Waals surface area contributed by atoms with E-state index in [1.165, 1.54) is 17.3 Å². The molecule has 1 fully saturated rings. The number of amides is 1. The summed E-state index contributed by atoms with van der Waals surface area (Å²) in [5.41, 5.74) is 3.82. The number of fused-ring (bicyclic) bond motifs is 1. The molecule has 0 spiro atoms. The molecule has 0 aliphatic carbocycles. The number of carbonyl (C=O) groups is 1. The van der Waals surface area contributed by atoms with Gasteiger partial charge in [-0.15, -0.1) is 0 Å². The highest BCUT2D eigenvalue weighted by molar-refractivity contribution is 5.84. The molecule has 0 saturated carbocycles. The van der Waals surface area contributed by atoms with Crippen LogP contribution >= 0.6 is 0 Å². The van der Waals surface area contributed by atoms with Crippen LogP contribution in [0.25, 0.3) is 16.9 Å². The number of nitrogens with one attached hydrogen (secondary N) is 1. The number of hydrogen-bond donors (Lipinski definition) is 1. The van der Waals surface area contributed by atoms with E-state index in [2.05, 4.69) is 58.3 Å². The Hall–Kier alpha value is -3.94. The first-order chi connectivity index (χ1) is 16.5. The van der Waals surface area contributed by atoms with Gasteiger partial charge >= 0.3 is 0 Å². The Labute approximate surface area is 197 Å². The molecule has 1 aliphatic rings. The first kappa shape index (κ1) is 21.9. The molecule has 1 N–H and O–H groups in total. The zero-order valence-electron chi connectivity index (χ0n) is 19.3. The third kappa shape index (κ3) is 4.19. The summed E-state index contributed by atoms with van der Waals surface area (Å²) >= 11 is 0. The van der Waals surface area contributed by atoms with E-state index >= 15 is 0 Å². The summed E-state index contributed by atoms with van der Waals surface area (Å²) in [5, 5.41) is 3.23. The van der Waals surface area contributed by atoms with Crippen molar-refractivity contribution in [2.45, 2.75) is 19.9 Å². The minimum absolute atomic E-state index is 0.000711. The van der Waals surface area contributed by atoms with Crippen LogP contribution in [0.4, 0.5) is 15.9 Å². The van der Waals surface area contributed by atoms with Gasteiger partial charge in [-0.05, 0) is 43.7 Å². The Bertz CT molecular complexity index is 1340. The van der Waals surface area contributed by atoms with Crippen molar-refractivity contribution >= 4 is 23.1 Å². The van der Waals surface area contributed by atoms with Crippen molar-refractivity contribution in [3.05, 3.63) is 78.5 Å². The maximum Gasteiger partial charge on any atom is 0.242 e. The van der Waals surface area contributed by atoms with Gasteiger partial charge < -0.3 is 15.1 Å². The lowest BCUT2D eigenvalue weighted by Crippen LogP contribution is -2.54. The number of anilines is 2. The predicted molar refractivity (Wildman–Crippen MR) is 131 cm³/mol. The molecule has 1 saturated heterocycles. The van der Waals surface area contributed by atoms with E-state index in [1.807, 2.05) is 4.90 Å². The molecular formula is C26H27FN6O. The number of carbonyl (C=O) groups excluding carboxylic acids is 1. The number of piperazine rings is 1. The van der Waals surface area contributed by atoms with E-state index in [0.29, 0.717) is 35.8 Å². The van der Waals surface area contributed by atoms with Gasteiger partial charge in [-0.25, -0.2) is 9.37 Å². The van der Waals surface area contributed by atoms with Crippen LogP contribution in [0.15, 0.2) is 67.1 Å². The fourth-order valence-corrected chi connectivity index (χ4v) is 4.56. The Balaban J connectivity index is 1.32. The molecule has 4 aromatic rings. The largest absolute Gasteiger partial charge is 0.365 e. The molecule has 174 valence electrons. The monoisotopic (exact) mass is 458 g/mol. The Morgan fingerprint density at radius 2 is 2.03 bits per heavy atom. The van der Waals surface area contributed by atoms with Crippen molar-refractivity contribution in [2.75, 3.05) is 36.4 Å². The van der Waals surface area contributed by atoms with Gasteiger partial charge in [0.15, 0.2) is 5.65 Å². The summed E-state index contributed by atoms with van der Waals surface area (Å²) in [6.07, 6.45) is 5.00. The lowest BCUT2D eigenvalue weighted by atomic mass is 10.1. The van der Waals surface area contributed by atoms with Crippen molar-refractivity contribution in [3.63, 3.8) is 0 Å². The van der Waals surface area contributed by atoms with Gasteiger partial charge in [0.25, 0.3) is 0 Å². The quantitative estimate of drug-likeness (QED) is 0.490. The fraction of sp³-hybridized carbons (Fsp3) is 0.269. The van der Waals surface area contributed by atoms with E-state index in [-0.39, 0.29) is 24.3 Å². The molecule has 8 heteroatoms. The van der Waals surface area contributed by atoms with E-state index < -0.39 is 0 Å². The summed E-state index contributed by atoms with van der Waals surface area (Å²) in [6.45, 7) is 6.39. The molecular weight excluding hydrogens is 431 g/mol. The number of imidazole rings is 1. The second kappa shape index (κ2) is 9.13. The number of halogens is 1. The number of hydrogen-bond acceptors (Lipinski definition) is 5. The van der Waals surface area contributed by atoms with Crippen LogP contribution in [0.1, 0.15) is 12.5 Å². The Kier molecular flexibility index (Phi) is 5.88. The molecule has 0 radical (unpaired) electrons. The molecule has 3 heterocycles. The maximum atomic E-state index is 14.5. The van der Waals surface area contributed by atoms with Gasteiger partial charge in [0.05, 0.1) is 12.7 Å². The zero-order chi connectivity index (χ0) is 23.7. The Morgan fingerprint density at radius 1 is 1.18 bits per heavy atom. The van der Waals surface area contributed by atoms with Crippen molar-refractivity contribution in [1.29, 1.82) is 0 Å². The van der Waals surface area contributed by atoms with Gasteiger partial charge in [-0.1, -0.05) is 24.3 Å². The normalized spacial score (nSPS) is 16.1. The topological polar surface area (TPSA) is 65.8 Å². The van der Waals surface area contributed by atoms with Crippen LogP contribution in [-0.4, -0.2) is 57.4 Å². The molecule has 0 bridgehead atoms. The average molecular weight is 459 g/mol. The average Bonchev–Trinajstić information content (AvgIpc) is 3.21. The summed E-state index contributed by atoms with van der Waals surface area (Å²) in [5.74, 6) is 0.205. The van der Waals surface area contributed by atoms with Crippen LogP contribution in [0.2, 0.25) is 0 Å². The van der Waals surface area contributed by atoms with Crippen LogP contribution in [0, 0.1) is 12.7 Å². The van der Waals surface area contributed by atoms with E-state index in [4.69, 9.17) is 0 Å². The van der Waals surface area contributed by atoms with Crippen molar-refractivity contribution in [2.24, 2.45) is 0 Å². The molecule has 34 heavy (non-hydrogen) atoms. The van der Waals surface area contributed by atoms with E-state index in [9.17, 15) is 9.18 Å². The zero-order valence-corrected chi connectivity index (χ0v) is 19.3. The second-order valence-electron chi connectivity index (χ2n) is 8.67. The fourth-order valence-electron chi connectivity index (χ4n) is 4.56. The standard InChI is InChI=1S/C26H27FN6O/c1-18-6-5-7-20(14-18)32-13-12-31(17-19(32)2)24(34)16-29-26-25(21-8-3-4-9-22(21)27)30-23-15-28-10-11-33(23)26/h3-11,14-15,19,29H,12-13,16-17H2,1-2H3. The second-order valence-corrected chi connectivity index (χ2v) is 8.67. The van der Waals surface area contributed by atoms with Crippen molar-refractivity contribution < 1.29 is 9.18 Å². The Morgan fingerprint density at radius 3 is 2.82 bits per heavy atom. The predicted octanol–water partition coefficient (Wildman–Crippen LogP) is 3.99. The van der Waals surface area contributed by atoms with Crippen LogP contribution in [0.5, 0.6) is 0 Å². The molecule has 1 atom stereocenters. The summed E-state index contributed by atoms with van der Waals surface area (Å²) < 4.78 is 16.3. The minimum atomic E-state index is -0.366. The number of nitrogens with zero attached hydrogens (tertiary/aromatic N) is 5. The molecule has 2 aromatic carbocycles. The third-order valence-corrected chi connectivity index (χ3v) is 6.28. The highest BCUT2D eigenvalue weighted by Crippen LogP contribution is 2.30. The van der Waals surface area contributed by atoms with Gasteiger partial charge in [-0.3, -0.25) is 14.2 Å². The van der Waals surface area contributed by atoms with E-state index in [0.717, 1.165) is 6.54 Å². The van der Waals surface area contributed by atoms with Crippen LogP contribution in [-0.2, 0) is 4.79 Å². The van der Waals surface area contributed by atoms with Crippen molar-refractivity contribution in [1.82, 2.24) is 19.3 Å². The van der Waals surface area contributed by atoms with Gasteiger partial charge in [0.1, 0.15) is 17.3 Å². The molecule has 1 unspecified atom stereocenters. The minimum Gasteiger partial charge on any atom is -0.365 e. The van der Waals surface area contributed by atoms with E-state index in [1.54, 1.807) is 41.2 Å². The van der Waals surface area contributed by atoms with Gasteiger partial charge in [0.2, 0.25) is 5.91 Å². The number of rotatable bonds is 5. The third-order valence-electron chi connectivity index (χ3n) is 6.28. The first-order valence-corrected chi connectivity index (χ1v) is 11.4.